The number of carbonyl (C=O) groups excluding carboxylic acids is 1. The SMILES string of the molecule is C[C@H]1CC(=O)Nc2cc(S(=O)(=O)Nc3ccccc3)ccc2S1. The Hall–Kier alpha value is -1.99. The molecule has 0 radical (unpaired) electrons. The highest BCUT2D eigenvalue weighted by molar-refractivity contribution is 8.00. The summed E-state index contributed by atoms with van der Waals surface area (Å²) in [5, 5.41) is 2.93. The monoisotopic (exact) mass is 348 g/mol. The van der Waals surface area contributed by atoms with Crippen molar-refractivity contribution in [3.8, 4) is 0 Å². The molecule has 0 aliphatic carbocycles. The Morgan fingerprint density at radius 2 is 1.91 bits per heavy atom. The van der Waals surface area contributed by atoms with Crippen LogP contribution >= 0.6 is 11.8 Å². The second-order valence-electron chi connectivity index (χ2n) is 5.31. The first kappa shape index (κ1) is 15.9. The fourth-order valence-electron chi connectivity index (χ4n) is 2.32. The van der Waals surface area contributed by atoms with Crippen molar-refractivity contribution in [3.63, 3.8) is 0 Å². The lowest BCUT2D eigenvalue weighted by molar-refractivity contribution is -0.116. The van der Waals surface area contributed by atoms with E-state index in [9.17, 15) is 13.2 Å². The first-order valence-electron chi connectivity index (χ1n) is 7.12. The number of carbonyl (C=O) groups is 1. The van der Waals surface area contributed by atoms with Crippen molar-refractivity contribution in [2.45, 2.75) is 28.4 Å². The van der Waals surface area contributed by atoms with Gasteiger partial charge in [0, 0.05) is 22.3 Å². The molecule has 3 rings (SSSR count). The zero-order valence-electron chi connectivity index (χ0n) is 12.4. The second-order valence-corrected chi connectivity index (χ2v) is 8.47. The van der Waals surface area contributed by atoms with Gasteiger partial charge in [0.05, 0.1) is 10.6 Å². The molecule has 0 saturated carbocycles. The van der Waals surface area contributed by atoms with Crippen LogP contribution in [0.15, 0.2) is 58.3 Å². The van der Waals surface area contributed by atoms with E-state index in [1.165, 1.54) is 6.07 Å². The summed E-state index contributed by atoms with van der Waals surface area (Å²) in [6.45, 7) is 1.97. The standard InChI is InChI=1S/C16H16N2O3S2/c1-11-9-16(19)17-14-10-13(7-8-15(14)22-11)23(20,21)18-12-5-3-2-4-6-12/h2-8,10-11,18H,9H2,1H3,(H,17,19)/t11-/m0/s1. The maximum atomic E-state index is 12.5. The third kappa shape index (κ3) is 3.68. The number of fused-ring (bicyclic) bond motifs is 1. The van der Waals surface area contributed by atoms with Crippen molar-refractivity contribution in [3.05, 3.63) is 48.5 Å². The highest BCUT2D eigenvalue weighted by atomic mass is 32.2. The van der Waals surface area contributed by atoms with Gasteiger partial charge < -0.3 is 5.32 Å². The number of hydrogen-bond donors (Lipinski definition) is 2. The summed E-state index contributed by atoms with van der Waals surface area (Å²) in [4.78, 5) is 12.8. The van der Waals surface area contributed by atoms with Crippen LogP contribution in [0.5, 0.6) is 0 Å². The van der Waals surface area contributed by atoms with Crippen LogP contribution in [0.1, 0.15) is 13.3 Å². The van der Waals surface area contributed by atoms with E-state index in [0.717, 1.165) is 4.90 Å². The van der Waals surface area contributed by atoms with Crippen LogP contribution in [0.25, 0.3) is 0 Å². The number of thioether (sulfide) groups is 1. The topological polar surface area (TPSA) is 75.3 Å². The van der Waals surface area contributed by atoms with Gasteiger partial charge in [-0.15, -0.1) is 11.8 Å². The molecule has 0 spiro atoms. The van der Waals surface area contributed by atoms with E-state index in [-0.39, 0.29) is 16.1 Å². The van der Waals surface area contributed by atoms with Crippen molar-refractivity contribution in [1.82, 2.24) is 0 Å². The van der Waals surface area contributed by atoms with Crippen LogP contribution in [0, 0.1) is 0 Å². The average Bonchev–Trinajstić information content (AvgIpc) is 2.63. The van der Waals surface area contributed by atoms with Gasteiger partial charge in [-0.2, -0.15) is 0 Å². The molecule has 120 valence electrons. The first-order chi connectivity index (χ1) is 10.9. The van der Waals surface area contributed by atoms with Crippen LogP contribution in [0.4, 0.5) is 11.4 Å². The van der Waals surface area contributed by atoms with Crippen molar-refractivity contribution in [2.24, 2.45) is 0 Å². The molecule has 0 aromatic heterocycles. The zero-order valence-corrected chi connectivity index (χ0v) is 14.1. The predicted octanol–water partition coefficient (Wildman–Crippen LogP) is 3.31. The molecule has 23 heavy (non-hydrogen) atoms. The van der Waals surface area contributed by atoms with Crippen molar-refractivity contribution >= 4 is 39.1 Å². The number of anilines is 2. The summed E-state index contributed by atoms with van der Waals surface area (Å²) < 4.78 is 27.5. The molecule has 0 saturated heterocycles. The smallest absolute Gasteiger partial charge is 0.261 e. The predicted molar refractivity (Wildman–Crippen MR) is 92.3 cm³/mol. The number of amides is 1. The number of para-hydroxylation sites is 1. The largest absolute Gasteiger partial charge is 0.325 e. The van der Waals surface area contributed by atoms with E-state index in [1.54, 1.807) is 48.2 Å². The highest BCUT2D eigenvalue weighted by Gasteiger charge is 2.22. The Morgan fingerprint density at radius 1 is 1.17 bits per heavy atom. The molecule has 0 fully saturated rings. The minimum Gasteiger partial charge on any atom is -0.325 e. The van der Waals surface area contributed by atoms with E-state index >= 15 is 0 Å². The van der Waals surface area contributed by atoms with Gasteiger partial charge in [0.1, 0.15) is 0 Å². The molecule has 1 heterocycles. The van der Waals surface area contributed by atoms with Crippen molar-refractivity contribution in [2.75, 3.05) is 10.0 Å². The van der Waals surface area contributed by atoms with Gasteiger partial charge >= 0.3 is 0 Å². The fraction of sp³-hybridized carbons (Fsp3) is 0.188. The molecular weight excluding hydrogens is 332 g/mol. The minimum absolute atomic E-state index is 0.102. The van der Waals surface area contributed by atoms with E-state index in [1.807, 2.05) is 13.0 Å². The molecule has 5 nitrogen and oxygen atoms in total. The van der Waals surface area contributed by atoms with Gasteiger partial charge in [0.25, 0.3) is 10.0 Å². The van der Waals surface area contributed by atoms with Gasteiger partial charge in [0.2, 0.25) is 5.91 Å². The fourth-order valence-corrected chi connectivity index (χ4v) is 4.45. The molecule has 1 amide bonds. The van der Waals surface area contributed by atoms with E-state index < -0.39 is 10.0 Å². The molecular formula is C16H16N2O3S2. The van der Waals surface area contributed by atoms with Crippen LogP contribution < -0.4 is 10.0 Å². The van der Waals surface area contributed by atoms with E-state index in [4.69, 9.17) is 0 Å². The molecule has 2 aromatic rings. The zero-order chi connectivity index (χ0) is 16.4. The van der Waals surface area contributed by atoms with Crippen LogP contribution in [0.2, 0.25) is 0 Å². The third-order valence-electron chi connectivity index (χ3n) is 3.36. The molecule has 7 heteroatoms. The van der Waals surface area contributed by atoms with Crippen LogP contribution in [0.3, 0.4) is 0 Å². The first-order valence-corrected chi connectivity index (χ1v) is 9.49. The highest BCUT2D eigenvalue weighted by Crippen LogP contribution is 2.36. The summed E-state index contributed by atoms with van der Waals surface area (Å²) >= 11 is 1.56. The molecule has 2 aromatic carbocycles. The Labute approximate surface area is 139 Å². The van der Waals surface area contributed by atoms with Gasteiger partial charge in [-0.3, -0.25) is 9.52 Å². The Morgan fingerprint density at radius 3 is 2.65 bits per heavy atom. The summed E-state index contributed by atoms with van der Waals surface area (Å²) in [6.07, 6.45) is 0.406. The Bertz CT molecular complexity index is 836. The molecule has 0 bridgehead atoms. The van der Waals surface area contributed by atoms with Crippen molar-refractivity contribution in [1.29, 1.82) is 0 Å². The van der Waals surface area contributed by atoms with Gasteiger partial charge in [-0.1, -0.05) is 25.1 Å². The van der Waals surface area contributed by atoms with Gasteiger partial charge in [-0.25, -0.2) is 8.42 Å². The van der Waals surface area contributed by atoms with Crippen LogP contribution in [-0.4, -0.2) is 19.6 Å². The summed E-state index contributed by atoms with van der Waals surface area (Å²) in [5.41, 5.74) is 1.04. The lowest BCUT2D eigenvalue weighted by atomic mass is 10.3. The number of benzene rings is 2. The number of nitrogens with one attached hydrogen (secondary N) is 2. The Balaban J connectivity index is 1.93. The van der Waals surface area contributed by atoms with Gasteiger partial charge in [0.15, 0.2) is 0 Å². The number of hydrogen-bond acceptors (Lipinski definition) is 4. The quantitative estimate of drug-likeness (QED) is 0.892. The normalized spacial score (nSPS) is 17.8. The minimum atomic E-state index is -3.70. The van der Waals surface area contributed by atoms with Crippen molar-refractivity contribution < 1.29 is 13.2 Å². The summed E-state index contributed by atoms with van der Waals surface area (Å²) in [6, 6.07) is 13.5. The molecule has 0 unspecified atom stereocenters. The maximum Gasteiger partial charge on any atom is 0.261 e. The molecule has 1 aliphatic heterocycles. The average molecular weight is 348 g/mol. The Kier molecular flexibility index (Phi) is 4.32. The van der Waals surface area contributed by atoms with Crippen LogP contribution in [-0.2, 0) is 14.8 Å². The van der Waals surface area contributed by atoms with E-state index in [2.05, 4.69) is 10.0 Å². The maximum absolute atomic E-state index is 12.5. The number of sulfonamides is 1. The summed E-state index contributed by atoms with van der Waals surface area (Å²) in [7, 11) is -3.70. The third-order valence-corrected chi connectivity index (χ3v) is 5.92. The second kappa shape index (κ2) is 6.25. The molecule has 1 aliphatic rings. The lowest BCUT2D eigenvalue weighted by Gasteiger charge is -2.12. The summed E-state index contributed by atoms with van der Waals surface area (Å²) in [5.74, 6) is -0.102. The number of rotatable bonds is 3. The lowest BCUT2D eigenvalue weighted by Crippen LogP contribution is -2.15. The molecule has 1 atom stereocenters. The molecule has 2 N–H and O–H groups in total. The van der Waals surface area contributed by atoms with E-state index in [0.29, 0.717) is 17.8 Å². The van der Waals surface area contributed by atoms with Gasteiger partial charge in [-0.05, 0) is 30.3 Å².